The first-order valence-electron chi connectivity index (χ1n) is 4.73. The lowest BCUT2D eigenvalue weighted by atomic mass is 9.69. The first-order chi connectivity index (χ1) is 5.98. The van der Waals surface area contributed by atoms with Crippen molar-refractivity contribution in [2.24, 2.45) is 11.3 Å². The summed E-state index contributed by atoms with van der Waals surface area (Å²) >= 11 is 0. The number of nitriles is 1. The van der Waals surface area contributed by atoms with Crippen molar-refractivity contribution < 1.29 is 0 Å². The monoisotopic (exact) mass is 175 g/mol. The van der Waals surface area contributed by atoms with Crippen molar-refractivity contribution in [3.63, 3.8) is 0 Å². The third kappa shape index (κ3) is 2.01. The van der Waals surface area contributed by atoms with Crippen molar-refractivity contribution in [2.75, 3.05) is 0 Å². The van der Waals surface area contributed by atoms with Gasteiger partial charge in [0.05, 0.1) is 11.5 Å². The summed E-state index contributed by atoms with van der Waals surface area (Å²) in [6.45, 7) is 12.1. The Morgan fingerprint density at radius 3 is 2.69 bits per heavy atom. The molecular weight excluding hydrogens is 158 g/mol. The Labute approximate surface area is 80.8 Å². The van der Waals surface area contributed by atoms with Crippen LogP contribution in [0.3, 0.4) is 0 Å². The molecule has 1 rings (SSSR count). The van der Waals surface area contributed by atoms with E-state index in [0.717, 1.165) is 19.3 Å². The minimum Gasteiger partial charge on any atom is -0.198 e. The molecule has 0 aromatic heterocycles. The summed E-state index contributed by atoms with van der Waals surface area (Å²) in [5.41, 5.74) is 2.19. The van der Waals surface area contributed by atoms with E-state index in [1.165, 1.54) is 11.1 Å². The predicted molar refractivity (Wildman–Crippen MR) is 55.0 cm³/mol. The van der Waals surface area contributed by atoms with Crippen molar-refractivity contribution in [2.45, 2.75) is 33.1 Å². The van der Waals surface area contributed by atoms with E-state index in [2.05, 4.69) is 19.2 Å². The number of allylic oxidation sites excluding steroid dienone is 2. The Kier molecular flexibility index (Phi) is 2.61. The van der Waals surface area contributed by atoms with Crippen LogP contribution < -0.4 is 0 Å². The Bertz CT molecular complexity index is 282. The predicted octanol–water partition coefficient (Wildman–Crippen LogP) is 3.45. The highest BCUT2D eigenvalue weighted by Gasteiger charge is 2.33. The summed E-state index contributed by atoms with van der Waals surface area (Å²) < 4.78 is 0. The maximum Gasteiger partial charge on any atom is 0.0690 e. The van der Waals surface area contributed by atoms with Crippen LogP contribution in [0.15, 0.2) is 24.3 Å². The first kappa shape index (κ1) is 10.1. The van der Waals surface area contributed by atoms with Crippen LogP contribution in [-0.2, 0) is 0 Å². The first-order valence-corrected chi connectivity index (χ1v) is 4.73. The highest BCUT2D eigenvalue weighted by atomic mass is 14.4. The van der Waals surface area contributed by atoms with Gasteiger partial charge in [-0.3, -0.25) is 0 Å². The molecule has 1 nitrogen and oxygen atoms in total. The van der Waals surface area contributed by atoms with Crippen molar-refractivity contribution in [3.05, 3.63) is 24.3 Å². The van der Waals surface area contributed by atoms with Crippen molar-refractivity contribution in [1.82, 2.24) is 0 Å². The summed E-state index contributed by atoms with van der Waals surface area (Å²) in [5.74, 6) is 0.446. The van der Waals surface area contributed by atoms with Gasteiger partial charge in [0.2, 0.25) is 0 Å². The molecule has 1 aliphatic carbocycles. The number of nitrogens with zero attached hydrogens (tertiary/aromatic N) is 1. The normalized spacial score (nSPS) is 33.9. The molecular formula is C12H17N. The van der Waals surface area contributed by atoms with Crippen LogP contribution in [0.2, 0.25) is 0 Å². The molecule has 1 aliphatic rings. The van der Waals surface area contributed by atoms with E-state index >= 15 is 0 Å². The average molecular weight is 175 g/mol. The SMILES string of the molecule is C=C(C)C1CCC(C)(C#N)CC1=C. The lowest BCUT2D eigenvalue weighted by molar-refractivity contribution is 0.314. The Morgan fingerprint density at radius 1 is 1.69 bits per heavy atom. The van der Waals surface area contributed by atoms with Gasteiger partial charge in [-0.2, -0.15) is 5.26 Å². The Morgan fingerprint density at radius 2 is 2.31 bits per heavy atom. The highest BCUT2D eigenvalue weighted by molar-refractivity contribution is 5.22. The fraction of sp³-hybridized carbons (Fsp3) is 0.583. The molecule has 0 saturated heterocycles. The van der Waals surface area contributed by atoms with Crippen molar-refractivity contribution in [3.8, 4) is 6.07 Å². The molecule has 2 atom stereocenters. The molecule has 1 fully saturated rings. The summed E-state index contributed by atoms with van der Waals surface area (Å²) in [7, 11) is 0. The average Bonchev–Trinajstić information content (AvgIpc) is 2.03. The molecule has 0 radical (unpaired) electrons. The van der Waals surface area contributed by atoms with Crippen LogP contribution in [0.25, 0.3) is 0 Å². The quantitative estimate of drug-likeness (QED) is 0.560. The van der Waals surface area contributed by atoms with E-state index in [0.29, 0.717) is 5.92 Å². The van der Waals surface area contributed by atoms with E-state index < -0.39 is 0 Å². The van der Waals surface area contributed by atoms with Gasteiger partial charge in [-0.25, -0.2) is 0 Å². The molecule has 0 heterocycles. The van der Waals surface area contributed by atoms with Crippen LogP contribution in [-0.4, -0.2) is 0 Å². The zero-order chi connectivity index (χ0) is 10.1. The zero-order valence-corrected chi connectivity index (χ0v) is 8.56. The third-order valence-corrected chi connectivity index (χ3v) is 2.96. The maximum absolute atomic E-state index is 8.98. The van der Waals surface area contributed by atoms with Crippen LogP contribution in [0.1, 0.15) is 33.1 Å². The minimum absolute atomic E-state index is 0.178. The molecule has 0 N–H and O–H groups in total. The second-order valence-corrected chi connectivity index (χ2v) is 4.45. The maximum atomic E-state index is 8.98. The van der Waals surface area contributed by atoms with Crippen LogP contribution in [0, 0.1) is 22.7 Å². The van der Waals surface area contributed by atoms with Crippen LogP contribution in [0.4, 0.5) is 0 Å². The van der Waals surface area contributed by atoms with Gasteiger partial charge >= 0.3 is 0 Å². The molecule has 0 aliphatic heterocycles. The number of hydrogen-bond donors (Lipinski definition) is 0. The Hall–Kier alpha value is -1.03. The molecule has 13 heavy (non-hydrogen) atoms. The topological polar surface area (TPSA) is 23.8 Å². The summed E-state index contributed by atoms with van der Waals surface area (Å²) in [4.78, 5) is 0. The molecule has 2 unspecified atom stereocenters. The third-order valence-electron chi connectivity index (χ3n) is 2.96. The van der Waals surface area contributed by atoms with E-state index in [9.17, 15) is 0 Å². The lowest BCUT2D eigenvalue weighted by Gasteiger charge is -2.34. The van der Waals surface area contributed by atoms with Gasteiger partial charge in [0.15, 0.2) is 0 Å². The molecule has 70 valence electrons. The zero-order valence-electron chi connectivity index (χ0n) is 8.56. The summed E-state index contributed by atoms with van der Waals surface area (Å²) in [6, 6.07) is 2.38. The van der Waals surface area contributed by atoms with E-state index in [1.54, 1.807) is 0 Å². The molecule has 1 saturated carbocycles. The van der Waals surface area contributed by atoms with E-state index in [1.807, 2.05) is 13.8 Å². The van der Waals surface area contributed by atoms with Gasteiger partial charge in [-0.1, -0.05) is 24.3 Å². The van der Waals surface area contributed by atoms with Crippen LogP contribution >= 0.6 is 0 Å². The molecule has 0 spiro atoms. The number of hydrogen-bond acceptors (Lipinski definition) is 1. The van der Waals surface area contributed by atoms with Crippen molar-refractivity contribution >= 4 is 0 Å². The van der Waals surface area contributed by atoms with E-state index in [-0.39, 0.29) is 5.41 Å². The van der Waals surface area contributed by atoms with Crippen LogP contribution in [0.5, 0.6) is 0 Å². The second kappa shape index (κ2) is 3.38. The fourth-order valence-corrected chi connectivity index (χ4v) is 2.07. The standard InChI is InChI=1S/C12H17N/c1-9(2)11-5-6-12(4,8-13)7-10(11)3/h11H,1,3,5-7H2,2,4H3. The van der Waals surface area contributed by atoms with Gasteiger partial charge in [-0.15, -0.1) is 0 Å². The van der Waals surface area contributed by atoms with Gasteiger partial charge in [0, 0.05) is 0 Å². The van der Waals surface area contributed by atoms with Gasteiger partial charge in [-0.05, 0) is 39.0 Å². The lowest BCUT2D eigenvalue weighted by Crippen LogP contribution is -2.24. The molecule has 0 aromatic rings. The fourth-order valence-electron chi connectivity index (χ4n) is 2.07. The van der Waals surface area contributed by atoms with Gasteiger partial charge in [0.25, 0.3) is 0 Å². The van der Waals surface area contributed by atoms with Gasteiger partial charge < -0.3 is 0 Å². The van der Waals surface area contributed by atoms with Gasteiger partial charge in [0.1, 0.15) is 0 Å². The van der Waals surface area contributed by atoms with E-state index in [4.69, 9.17) is 5.26 Å². The summed E-state index contributed by atoms with van der Waals surface area (Å²) in [5, 5.41) is 8.98. The van der Waals surface area contributed by atoms with Crippen molar-refractivity contribution in [1.29, 1.82) is 5.26 Å². The molecule has 0 aromatic carbocycles. The second-order valence-electron chi connectivity index (χ2n) is 4.45. The smallest absolute Gasteiger partial charge is 0.0690 e. The molecule has 1 heteroatoms. The largest absolute Gasteiger partial charge is 0.198 e. The number of rotatable bonds is 1. The molecule has 0 amide bonds. The molecule has 0 bridgehead atoms. The Balaban J connectivity index is 2.74. The summed E-state index contributed by atoms with van der Waals surface area (Å²) in [6.07, 6.45) is 2.85. The minimum atomic E-state index is -0.178. The highest BCUT2D eigenvalue weighted by Crippen LogP contribution is 2.42.